The van der Waals surface area contributed by atoms with Gasteiger partial charge in [0.05, 0.1) is 0 Å². The van der Waals surface area contributed by atoms with Gasteiger partial charge in [-0.25, -0.2) is 0 Å². The minimum Gasteiger partial charge on any atom is -0.384 e. The zero-order valence-electron chi connectivity index (χ0n) is 12.8. The number of anilines is 1. The van der Waals surface area contributed by atoms with Gasteiger partial charge in [-0.2, -0.15) is 0 Å². The predicted octanol–water partition coefficient (Wildman–Crippen LogP) is 5.84. The maximum atomic E-state index is 5.96. The van der Waals surface area contributed by atoms with Gasteiger partial charge in [0.2, 0.25) is 0 Å². The highest BCUT2D eigenvalue weighted by molar-refractivity contribution is 7.99. The van der Waals surface area contributed by atoms with Crippen LogP contribution in [0.5, 0.6) is 0 Å². The summed E-state index contributed by atoms with van der Waals surface area (Å²) in [5.74, 6) is 1.03. The lowest BCUT2D eigenvalue weighted by Crippen LogP contribution is -2.10. The Morgan fingerprint density at radius 3 is 2.38 bits per heavy atom. The fourth-order valence-electron chi connectivity index (χ4n) is 2.01. The van der Waals surface area contributed by atoms with Gasteiger partial charge < -0.3 is 5.32 Å². The van der Waals surface area contributed by atoms with Crippen LogP contribution in [0.4, 0.5) is 5.69 Å². The molecule has 0 heterocycles. The van der Waals surface area contributed by atoms with Gasteiger partial charge in [0.15, 0.2) is 0 Å². The highest BCUT2D eigenvalue weighted by Crippen LogP contribution is 2.25. The molecule has 112 valence electrons. The Morgan fingerprint density at radius 1 is 1.05 bits per heavy atom. The highest BCUT2D eigenvalue weighted by Gasteiger charge is 2.12. The zero-order valence-corrected chi connectivity index (χ0v) is 14.4. The summed E-state index contributed by atoms with van der Waals surface area (Å²) in [6, 6.07) is 16.7. The van der Waals surface area contributed by atoms with E-state index in [1.165, 1.54) is 10.5 Å². The second-order valence-corrected chi connectivity index (χ2v) is 7.66. The number of thioether (sulfide) groups is 1. The molecule has 0 saturated carbocycles. The number of rotatable bonds is 5. The monoisotopic (exact) mass is 319 g/mol. The fourth-order valence-corrected chi connectivity index (χ4v) is 2.97. The number of hydrogen-bond donors (Lipinski definition) is 1. The number of hydrogen-bond acceptors (Lipinski definition) is 2. The molecule has 0 unspecified atom stereocenters. The molecule has 0 saturated heterocycles. The van der Waals surface area contributed by atoms with Gasteiger partial charge in [-0.1, -0.05) is 50.6 Å². The summed E-state index contributed by atoms with van der Waals surface area (Å²) in [5, 5.41) is 4.15. The predicted molar refractivity (Wildman–Crippen MR) is 95.8 cm³/mol. The molecular weight excluding hydrogens is 298 g/mol. The normalized spacial score (nSPS) is 11.4. The molecule has 0 atom stereocenters. The Balaban J connectivity index is 1.79. The van der Waals surface area contributed by atoms with E-state index in [0.717, 1.165) is 23.0 Å². The molecule has 1 nitrogen and oxygen atoms in total. The van der Waals surface area contributed by atoms with Gasteiger partial charge in [0.1, 0.15) is 0 Å². The largest absolute Gasteiger partial charge is 0.384 e. The van der Waals surface area contributed by atoms with Crippen LogP contribution in [0, 0.1) is 0 Å². The van der Waals surface area contributed by atoms with Gasteiger partial charge >= 0.3 is 0 Å². The standard InChI is InChI=1S/C18H22ClNS/c1-18(2,3)14-7-9-17(10-8-14)21-12-11-20-16-6-4-5-15(19)13-16/h4-10,13,20H,11-12H2,1-3H3. The van der Waals surface area contributed by atoms with Crippen LogP contribution in [-0.2, 0) is 5.41 Å². The maximum Gasteiger partial charge on any atom is 0.0426 e. The molecular formula is C18H22ClNS. The minimum absolute atomic E-state index is 0.220. The molecule has 0 fully saturated rings. The van der Waals surface area contributed by atoms with E-state index in [2.05, 4.69) is 50.4 Å². The Morgan fingerprint density at radius 2 is 1.76 bits per heavy atom. The molecule has 1 N–H and O–H groups in total. The molecule has 0 aliphatic carbocycles. The first-order chi connectivity index (χ1) is 9.95. The third-order valence-corrected chi connectivity index (χ3v) is 4.49. The van der Waals surface area contributed by atoms with Crippen molar-refractivity contribution in [2.75, 3.05) is 17.6 Å². The smallest absolute Gasteiger partial charge is 0.0426 e. The lowest BCUT2D eigenvalue weighted by molar-refractivity contribution is 0.590. The summed E-state index contributed by atoms with van der Waals surface area (Å²) >= 11 is 7.83. The summed E-state index contributed by atoms with van der Waals surface area (Å²) in [6.07, 6.45) is 0. The van der Waals surface area contributed by atoms with Gasteiger partial charge in [-0.15, -0.1) is 11.8 Å². The van der Waals surface area contributed by atoms with Crippen molar-refractivity contribution in [1.29, 1.82) is 0 Å². The Hall–Kier alpha value is -1.12. The molecule has 0 bridgehead atoms. The van der Waals surface area contributed by atoms with E-state index in [4.69, 9.17) is 11.6 Å². The van der Waals surface area contributed by atoms with Gasteiger partial charge in [-0.3, -0.25) is 0 Å². The average molecular weight is 320 g/mol. The molecule has 0 radical (unpaired) electrons. The van der Waals surface area contributed by atoms with Crippen LogP contribution in [0.3, 0.4) is 0 Å². The summed E-state index contributed by atoms with van der Waals surface area (Å²) in [5.41, 5.74) is 2.67. The van der Waals surface area contributed by atoms with E-state index in [-0.39, 0.29) is 5.41 Å². The average Bonchev–Trinajstić information content (AvgIpc) is 2.43. The molecule has 2 rings (SSSR count). The van der Waals surface area contributed by atoms with Crippen molar-refractivity contribution in [1.82, 2.24) is 0 Å². The van der Waals surface area contributed by atoms with E-state index in [1.807, 2.05) is 36.0 Å². The van der Waals surface area contributed by atoms with E-state index < -0.39 is 0 Å². The lowest BCUT2D eigenvalue weighted by atomic mass is 9.87. The first-order valence-electron chi connectivity index (χ1n) is 7.18. The second kappa shape index (κ2) is 7.24. The second-order valence-electron chi connectivity index (χ2n) is 6.06. The fraction of sp³-hybridized carbons (Fsp3) is 0.333. The third kappa shape index (κ3) is 5.29. The number of nitrogens with one attached hydrogen (secondary N) is 1. The van der Waals surface area contributed by atoms with Crippen molar-refractivity contribution in [3.05, 3.63) is 59.1 Å². The van der Waals surface area contributed by atoms with Crippen LogP contribution >= 0.6 is 23.4 Å². The van der Waals surface area contributed by atoms with E-state index >= 15 is 0 Å². The quantitative estimate of drug-likeness (QED) is 0.548. The third-order valence-electron chi connectivity index (χ3n) is 3.24. The van der Waals surface area contributed by atoms with Crippen molar-refractivity contribution in [3.63, 3.8) is 0 Å². The summed E-state index contributed by atoms with van der Waals surface area (Å²) < 4.78 is 0. The Labute approximate surface area is 137 Å². The molecule has 2 aromatic carbocycles. The lowest BCUT2D eigenvalue weighted by Gasteiger charge is -2.19. The minimum atomic E-state index is 0.220. The van der Waals surface area contributed by atoms with Crippen LogP contribution in [0.2, 0.25) is 5.02 Å². The van der Waals surface area contributed by atoms with Crippen LogP contribution in [0.25, 0.3) is 0 Å². The van der Waals surface area contributed by atoms with E-state index in [0.29, 0.717) is 0 Å². The Kier molecular flexibility index (Phi) is 5.60. The number of halogens is 1. The van der Waals surface area contributed by atoms with Crippen molar-refractivity contribution in [2.45, 2.75) is 31.1 Å². The zero-order chi connectivity index (χ0) is 15.3. The SMILES string of the molecule is CC(C)(C)c1ccc(SCCNc2cccc(Cl)c2)cc1. The molecule has 0 aromatic heterocycles. The summed E-state index contributed by atoms with van der Waals surface area (Å²) in [7, 11) is 0. The van der Waals surface area contributed by atoms with Crippen LogP contribution in [0.15, 0.2) is 53.4 Å². The summed E-state index contributed by atoms with van der Waals surface area (Å²) in [6.45, 7) is 7.64. The topological polar surface area (TPSA) is 12.0 Å². The van der Waals surface area contributed by atoms with Crippen LogP contribution in [-0.4, -0.2) is 12.3 Å². The van der Waals surface area contributed by atoms with Crippen molar-refractivity contribution >= 4 is 29.1 Å². The Bertz CT molecular complexity index is 573. The van der Waals surface area contributed by atoms with E-state index in [9.17, 15) is 0 Å². The van der Waals surface area contributed by atoms with E-state index in [1.54, 1.807) is 0 Å². The van der Waals surface area contributed by atoms with Gasteiger partial charge in [0, 0.05) is 27.9 Å². The molecule has 2 aromatic rings. The maximum absolute atomic E-state index is 5.96. The van der Waals surface area contributed by atoms with Gasteiger partial charge in [-0.05, 0) is 41.3 Å². The highest BCUT2D eigenvalue weighted by atomic mass is 35.5. The van der Waals surface area contributed by atoms with Gasteiger partial charge in [0.25, 0.3) is 0 Å². The van der Waals surface area contributed by atoms with Crippen molar-refractivity contribution < 1.29 is 0 Å². The first-order valence-corrected chi connectivity index (χ1v) is 8.54. The molecule has 21 heavy (non-hydrogen) atoms. The van der Waals surface area contributed by atoms with Crippen LogP contribution < -0.4 is 5.32 Å². The number of benzene rings is 2. The van der Waals surface area contributed by atoms with Crippen molar-refractivity contribution in [2.24, 2.45) is 0 Å². The van der Waals surface area contributed by atoms with Crippen LogP contribution in [0.1, 0.15) is 26.3 Å². The molecule has 0 amide bonds. The first kappa shape index (κ1) is 16.3. The molecule has 3 heteroatoms. The molecule has 0 spiro atoms. The van der Waals surface area contributed by atoms with Crippen molar-refractivity contribution in [3.8, 4) is 0 Å². The molecule has 0 aliphatic heterocycles. The molecule has 0 aliphatic rings. The summed E-state index contributed by atoms with van der Waals surface area (Å²) in [4.78, 5) is 1.32.